The summed E-state index contributed by atoms with van der Waals surface area (Å²) in [5.74, 6) is 0. The molecule has 0 radical (unpaired) electrons. The second-order valence-corrected chi connectivity index (χ2v) is 7.88. The molecule has 1 aliphatic rings. The number of nitrogens with one attached hydrogen (secondary N) is 2. The minimum atomic E-state index is -3.46. The van der Waals surface area contributed by atoms with Gasteiger partial charge >= 0.3 is 0 Å². The van der Waals surface area contributed by atoms with Gasteiger partial charge in [0.25, 0.3) is 0 Å². The number of hydrogen-bond acceptors (Lipinski definition) is 3. The fourth-order valence-electron chi connectivity index (χ4n) is 2.90. The Morgan fingerprint density at radius 1 is 1.30 bits per heavy atom. The number of rotatable bonds is 5. The van der Waals surface area contributed by atoms with Crippen molar-refractivity contribution in [3.05, 3.63) is 29.8 Å². The summed E-state index contributed by atoms with van der Waals surface area (Å²) < 4.78 is 28.2. The Labute approximate surface area is 122 Å². The van der Waals surface area contributed by atoms with Gasteiger partial charge in [-0.15, -0.1) is 0 Å². The number of hydrogen-bond donors (Lipinski definition) is 2. The lowest BCUT2D eigenvalue weighted by atomic mass is 9.88. The summed E-state index contributed by atoms with van der Waals surface area (Å²) in [6.07, 6.45) is 3.07. The molecule has 1 saturated carbocycles. The average molecular weight is 296 g/mol. The van der Waals surface area contributed by atoms with Crippen LogP contribution in [0.5, 0.6) is 0 Å². The van der Waals surface area contributed by atoms with Crippen LogP contribution >= 0.6 is 0 Å². The van der Waals surface area contributed by atoms with E-state index < -0.39 is 10.0 Å². The molecule has 1 aliphatic carbocycles. The lowest BCUT2D eigenvalue weighted by molar-refractivity contribution is 0.313. The highest BCUT2D eigenvalue weighted by molar-refractivity contribution is 7.89. The predicted octanol–water partition coefficient (Wildman–Crippen LogP) is 2.26. The third-order valence-electron chi connectivity index (χ3n) is 4.18. The fraction of sp³-hybridized carbons (Fsp3) is 0.600. The van der Waals surface area contributed by atoms with Crippen molar-refractivity contribution in [2.75, 3.05) is 7.05 Å². The summed E-state index contributed by atoms with van der Waals surface area (Å²) in [5, 5.41) is 3.01. The summed E-state index contributed by atoms with van der Waals surface area (Å²) in [6.45, 7) is 4.81. The van der Waals surface area contributed by atoms with Crippen molar-refractivity contribution in [3.63, 3.8) is 0 Å². The van der Waals surface area contributed by atoms with E-state index >= 15 is 0 Å². The van der Waals surface area contributed by atoms with E-state index in [1.54, 1.807) is 12.1 Å². The molecule has 0 spiro atoms. The van der Waals surface area contributed by atoms with Gasteiger partial charge in [-0.05, 0) is 36.9 Å². The van der Waals surface area contributed by atoms with Crippen LogP contribution in [0.15, 0.2) is 29.2 Å². The molecule has 1 aromatic carbocycles. The van der Waals surface area contributed by atoms with Gasteiger partial charge in [-0.1, -0.05) is 38.5 Å². The highest BCUT2D eigenvalue weighted by Gasteiger charge is 2.37. The van der Waals surface area contributed by atoms with Crippen molar-refractivity contribution in [1.29, 1.82) is 0 Å². The summed E-state index contributed by atoms with van der Waals surface area (Å²) in [7, 11) is -1.64. The summed E-state index contributed by atoms with van der Waals surface area (Å²) >= 11 is 0. The van der Waals surface area contributed by atoms with Crippen LogP contribution in [0.4, 0.5) is 0 Å². The normalized spacial score (nSPS) is 22.1. The topological polar surface area (TPSA) is 58.2 Å². The molecule has 2 N–H and O–H groups in total. The predicted molar refractivity (Wildman–Crippen MR) is 80.9 cm³/mol. The first-order chi connectivity index (χ1) is 9.37. The molecular weight excluding hydrogens is 272 g/mol. The smallest absolute Gasteiger partial charge is 0.241 e. The molecule has 0 heterocycles. The minimum absolute atomic E-state index is 0.0233. The van der Waals surface area contributed by atoms with E-state index in [0.717, 1.165) is 24.8 Å². The molecule has 0 aliphatic heterocycles. The summed E-state index contributed by atoms with van der Waals surface area (Å²) in [5.41, 5.74) is 0.837. The zero-order valence-electron chi connectivity index (χ0n) is 12.4. The number of sulfonamides is 1. The van der Waals surface area contributed by atoms with Gasteiger partial charge in [-0.2, -0.15) is 0 Å². The van der Waals surface area contributed by atoms with Crippen molar-refractivity contribution < 1.29 is 8.42 Å². The highest BCUT2D eigenvalue weighted by atomic mass is 32.2. The van der Waals surface area contributed by atoms with Crippen LogP contribution < -0.4 is 10.0 Å². The molecule has 2 rings (SSSR count). The zero-order chi connectivity index (χ0) is 14.8. The van der Waals surface area contributed by atoms with Gasteiger partial charge in [0.15, 0.2) is 0 Å². The lowest BCUT2D eigenvalue weighted by Gasteiger charge is -2.28. The van der Waals surface area contributed by atoms with E-state index in [0.29, 0.717) is 11.4 Å². The summed E-state index contributed by atoms with van der Waals surface area (Å²) in [6, 6.07) is 7.19. The standard InChI is InChI=1S/C15H24N2O2S/c1-15(2)10-6-9-14(15)17-20(18,19)13-8-5-4-7-12(13)11-16-3/h4-5,7-8,14,16-17H,6,9-11H2,1-3H3. The Morgan fingerprint density at radius 3 is 2.60 bits per heavy atom. The zero-order valence-corrected chi connectivity index (χ0v) is 13.3. The molecule has 0 saturated heterocycles. The Hall–Kier alpha value is -0.910. The maximum Gasteiger partial charge on any atom is 0.241 e. The summed E-state index contributed by atoms with van der Waals surface area (Å²) in [4.78, 5) is 0.386. The average Bonchev–Trinajstić information content (AvgIpc) is 2.69. The van der Waals surface area contributed by atoms with Crippen LogP contribution in [0.2, 0.25) is 0 Å². The van der Waals surface area contributed by atoms with Crippen molar-refractivity contribution >= 4 is 10.0 Å². The molecule has 0 aromatic heterocycles. The molecule has 112 valence electrons. The van der Waals surface area contributed by atoms with Crippen LogP contribution in [-0.4, -0.2) is 21.5 Å². The maximum absolute atomic E-state index is 12.6. The van der Waals surface area contributed by atoms with Gasteiger partial charge in [0, 0.05) is 12.6 Å². The lowest BCUT2D eigenvalue weighted by Crippen LogP contribution is -2.41. The quantitative estimate of drug-likeness (QED) is 0.876. The molecule has 1 aromatic rings. The second-order valence-electron chi connectivity index (χ2n) is 6.19. The van der Waals surface area contributed by atoms with Gasteiger partial charge < -0.3 is 5.32 Å². The molecule has 20 heavy (non-hydrogen) atoms. The third kappa shape index (κ3) is 3.22. The fourth-order valence-corrected chi connectivity index (χ4v) is 4.58. The molecule has 5 heteroatoms. The van der Waals surface area contributed by atoms with Gasteiger partial charge in [0.2, 0.25) is 10.0 Å². The van der Waals surface area contributed by atoms with Crippen LogP contribution in [0.25, 0.3) is 0 Å². The number of benzene rings is 1. The molecule has 1 fully saturated rings. The monoisotopic (exact) mass is 296 g/mol. The molecule has 0 amide bonds. The minimum Gasteiger partial charge on any atom is -0.316 e. The van der Waals surface area contributed by atoms with Crippen LogP contribution in [0.3, 0.4) is 0 Å². The Balaban J connectivity index is 2.27. The van der Waals surface area contributed by atoms with E-state index in [-0.39, 0.29) is 11.5 Å². The van der Waals surface area contributed by atoms with E-state index in [2.05, 4.69) is 23.9 Å². The van der Waals surface area contributed by atoms with Crippen molar-refractivity contribution in [2.45, 2.75) is 50.6 Å². The third-order valence-corrected chi connectivity index (χ3v) is 5.76. The van der Waals surface area contributed by atoms with Gasteiger partial charge in [0.05, 0.1) is 4.90 Å². The Kier molecular flexibility index (Phi) is 4.52. The molecule has 1 unspecified atom stereocenters. The van der Waals surface area contributed by atoms with Gasteiger partial charge in [0.1, 0.15) is 0 Å². The van der Waals surface area contributed by atoms with E-state index in [1.165, 1.54) is 0 Å². The van der Waals surface area contributed by atoms with E-state index in [9.17, 15) is 8.42 Å². The highest BCUT2D eigenvalue weighted by Crippen LogP contribution is 2.38. The van der Waals surface area contributed by atoms with Crippen molar-refractivity contribution in [2.24, 2.45) is 5.41 Å². The van der Waals surface area contributed by atoms with Crippen LogP contribution in [0.1, 0.15) is 38.7 Å². The van der Waals surface area contributed by atoms with E-state index in [4.69, 9.17) is 0 Å². The second kappa shape index (κ2) is 5.84. The van der Waals surface area contributed by atoms with Crippen LogP contribution in [0, 0.1) is 5.41 Å². The maximum atomic E-state index is 12.6. The van der Waals surface area contributed by atoms with Gasteiger partial charge in [-0.3, -0.25) is 0 Å². The van der Waals surface area contributed by atoms with Crippen LogP contribution in [-0.2, 0) is 16.6 Å². The largest absolute Gasteiger partial charge is 0.316 e. The molecule has 1 atom stereocenters. The first-order valence-corrected chi connectivity index (χ1v) is 8.60. The molecule has 4 nitrogen and oxygen atoms in total. The Morgan fingerprint density at radius 2 is 2.00 bits per heavy atom. The molecule has 0 bridgehead atoms. The van der Waals surface area contributed by atoms with Crippen molar-refractivity contribution in [3.8, 4) is 0 Å². The SMILES string of the molecule is CNCc1ccccc1S(=O)(=O)NC1CCCC1(C)C. The van der Waals surface area contributed by atoms with Crippen molar-refractivity contribution in [1.82, 2.24) is 10.0 Å². The Bertz CT molecular complexity index is 567. The first kappa shape index (κ1) is 15.5. The van der Waals surface area contributed by atoms with Gasteiger partial charge in [-0.25, -0.2) is 13.1 Å². The first-order valence-electron chi connectivity index (χ1n) is 7.12. The van der Waals surface area contributed by atoms with E-state index in [1.807, 2.05) is 19.2 Å². The molecular formula is C15H24N2O2S.